The average Bonchev–Trinajstić information content (AvgIpc) is 3.16. The molecule has 1 aromatic carbocycles. The molecule has 8 heteroatoms. The Hall–Kier alpha value is -1.48. The normalized spacial score (nSPS) is 34.2. The number of likely N-dealkylation sites (N-methyl/N-ethyl adjacent to an activating group) is 1. The number of carbonyl (C=O) groups is 1. The van der Waals surface area contributed by atoms with Crippen molar-refractivity contribution in [3.63, 3.8) is 0 Å². The summed E-state index contributed by atoms with van der Waals surface area (Å²) in [7, 11) is 4.03. The molecule has 1 aromatic rings. The van der Waals surface area contributed by atoms with Crippen molar-refractivity contribution >= 4 is 17.7 Å². The zero-order chi connectivity index (χ0) is 25.2. The van der Waals surface area contributed by atoms with Crippen LogP contribution in [0.5, 0.6) is 11.5 Å². The quantitative estimate of drug-likeness (QED) is 0.548. The smallest absolute Gasteiger partial charge is 0.323 e. The van der Waals surface area contributed by atoms with E-state index < -0.39 is 17.2 Å². The Morgan fingerprint density at radius 3 is 2.83 bits per heavy atom. The van der Waals surface area contributed by atoms with Gasteiger partial charge in [-0.25, -0.2) is 0 Å². The maximum atomic E-state index is 13.2. The van der Waals surface area contributed by atoms with Gasteiger partial charge in [-0.3, -0.25) is 10.1 Å². The number of nitrogens with zero attached hydrogens (tertiary/aromatic N) is 1. The van der Waals surface area contributed by atoms with Gasteiger partial charge in [-0.05, 0) is 90.1 Å². The topological polar surface area (TPSA) is 80.3 Å². The molecule has 1 saturated heterocycles. The lowest BCUT2D eigenvalue weighted by atomic mass is 9.48. The number of nitrogens with one attached hydrogen (secondary N) is 1. The number of methoxy groups -OCH3 is 1. The Balaban J connectivity index is 1.55. The number of aromatic hydroxyl groups is 1. The number of benzene rings is 1. The zero-order valence-corrected chi connectivity index (χ0v) is 22.7. The summed E-state index contributed by atoms with van der Waals surface area (Å²) in [5, 5.41) is 14.5. The van der Waals surface area contributed by atoms with Crippen molar-refractivity contribution in [1.82, 2.24) is 10.2 Å². The summed E-state index contributed by atoms with van der Waals surface area (Å²) in [6.45, 7) is 6.67. The minimum absolute atomic E-state index is 0.0561. The molecule has 2 aliphatic heterocycles. The Bertz CT molecular complexity index is 997. The van der Waals surface area contributed by atoms with Gasteiger partial charge >= 0.3 is 5.97 Å². The number of phenolic OH excluding ortho intramolecular Hbond substituents is 1. The fourth-order valence-electron chi connectivity index (χ4n) is 7.45. The summed E-state index contributed by atoms with van der Waals surface area (Å²) in [5.41, 5.74) is 1.08. The van der Waals surface area contributed by atoms with Crippen LogP contribution in [-0.2, 0) is 26.1 Å². The number of ether oxygens (including phenoxy) is 3. The van der Waals surface area contributed by atoms with Crippen LogP contribution in [0.25, 0.3) is 0 Å². The minimum atomic E-state index is -0.543. The second-order valence-corrected chi connectivity index (χ2v) is 12.7. The maximum absolute atomic E-state index is 13.2. The molecule has 194 valence electrons. The van der Waals surface area contributed by atoms with Crippen LogP contribution in [0.15, 0.2) is 12.1 Å². The first-order chi connectivity index (χ1) is 16.6. The number of hydrogen-bond acceptors (Lipinski definition) is 8. The van der Waals surface area contributed by atoms with Crippen LogP contribution in [0.3, 0.4) is 0 Å². The van der Waals surface area contributed by atoms with Gasteiger partial charge in [0.1, 0.15) is 17.7 Å². The number of rotatable bonds is 7. The Labute approximate surface area is 213 Å². The molecule has 6 atom stereocenters. The molecule has 2 N–H and O–H groups in total. The Morgan fingerprint density at radius 2 is 2.14 bits per heavy atom. The molecule has 1 saturated carbocycles. The number of hydrogen-bond donors (Lipinski definition) is 2. The highest BCUT2D eigenvalue weighted by molar-refractivity contribution is 7.98. The first-order valence-electron chi connectivity index (χ1n) is 12.8. The third-order valence-corrected chi connectivity index (χ3v) is 9.42. The molecule has 7 nitrogen and oxygen atoms in total. The van der Waals surface area contributed by atoms with Crippen molar-refractivity contribution in [2.24, 2.45) is 0 Å². The van der Waals surface area contributed by atoms with Gasteiger partial charge < -0.3 is 24.2 Å². The van der Waals surface area contributed by atoms with Crippen molar-refractivity contribution in [1.29, 1.82) is 0 Å². The minimum Gasteiger partial charge on any atom is -0.504 e. The standard InChI is InChI=1S/C27H40N2O5S/c1-25(2,3)34-24(31)18(10-14-35-6)28-17-9-11-27(32-5)20-15-16-7-8-19(30)22-21(16)26(27,23(17)33-22)12-13-29(20)4/h7-8,17-18,20,23,28,30H,9-15H2,1-6H3/t17?,18-,20?,23-,26-,27+/m0/s1. The van der Waals surface area contributed by atoms with Crippen LogP contribution in [0.4, 0.5) is 0 Å². The van der Waals surface area contributed by atoms with E-state index in [0.717, 1.165) is 43.5 Å². The predicted octanol–water partition coefficient (Wildman–Crippen LogP) is 3.25. The fraction of sp³-hybridized carbons (Fsp3) is 0.741. The molecule has 2 fully saturated rings. The number of phenols is 1. The third-order valence-electron chi connectivity index (χ3n) is 8.77. The van der Waals surface area contributed by atoms with Crippen LogP contribution in [-0.4, -0.2) is 84.1 Å². The summed E-state index contributed by atoms with van der Waals surface area (Å²) >= 11 is 1.73. The lowest BCUT2D eigenvalue weighted by Crippen LogP contribution is -2.78. The number of likely N-dealkylation sites (tertiary alicyclic amines) is 1. The summed E-state index contributed by atoms with van der Waals surface area (Å²) in [4.78, 5) is 15.6. The molecular formula is C27H40N2O5S. The number of piperidine rings is 1. The van der Waals surface area contributed by atoms with Crippen LogP contribution < -0.4 is 10.1 Å². The van der Waals surface area contributed by atoms with Gasteiger partial charge in [-0.15, -0.1) is 0 Å². The molecular weight excluding hydrogens is 464 g/mol. The Morgan fingerprint density at radius 1 is 1.37 bits per heavy atom. The van der Waals surface area contributed by atoms with Crippen LogP contribution in [0, 0.1) is 0 Å². The molecule has 0 aromatic heterocycles. The highest BCUT2D eigenvalue weighted by Crippen LogP contribution is 2.66. The lowest BCUT2D eigenvalue weighted by Gasteiger charge is -2.65. The maximum Gasteiger partial charge on any atom is 0.323 e. The Kier molecular flexibility index (Phi) is 6.35. The number of carbonyl (C=O) groups excluding carboxylic acids is 1. The summed E-state index contributed by atoms with van der Waals surface area (Å²) in [6.07, 6.45) is 5.99. The van der Waals surface area contributed by atoms with Crippen molar-refractivity contribution < 1.29 is 24.1 Å². The monoisotopic (exact) mass is 504 g/mol. The van der Waals surface area contributed by atoms with E-state index in [1.54, 1.807) is 17.8 Å². The molecule has 1 spiro atoms. The first-order valence-corrected chi connectivity index (χ1v) is 14.2. The highest BCUT2D eigenvalue weighted by Gasteiger charge is 2.73. The van der Waals surface area contributed by atoms with E-state index in [4.69, 9.17) is 14.2 Å². The van der Waals surface area contributed by atoms with Gasteiger partial charge in [-0.2, -0.15) is 11.8 Å². The number of thioether (sulfide) groups is 1. The molecule has 35 heavy (non-hydrogen) atoms. The molecule has 2 unspecified atom stereocenters. The lowest BCUT2D eigenvalue weighted by molar-refractivity contribution is -0.204. The van der Waals surface area contributed by atoms with Gasteiger partial charge in [0.2, 0.25) is 0 Å². The highest BCUT2D eigenvalue weighted by atomic mass is 32.2. The van der Waals surface area contributed by atoms with Crippen molar-refractivity contribution in [2.75, 3.05) is 32.7 Å². The van der Waals surface area contributed by atoms with E-state index in [1.165, 1.54) is 5.56 Å². The summed E-state index contributed by atoms with van der Waals surface area (Å²) in [6, 6.07) is 3.60. The fourth-order valence-corrected chi connectivity index (χ4v) is 7.92. The second-order valence-electron chi connectivity index (χ2n) is 11.7. The summed E-state index contributed by atoms with van der Waals surface area (Å²) < 4.78 is 19.0. The zero-order valence-electron chi connectivity index (χ0n) is 21.8. The number of esters is 1. The van der Waals surface area contributed by atoms with Crippen molar-refractivity contribution in [2.45, 2.75) is 93.7 Å². The summed E-state index contributed by atoms with van der Waals surface area (Å²) in [5.74, 6) is 1.46. The van der Waals surface area contributed by atoms with Gasteiger partial charge in [0, 0.05) is 24.8 Å². The molecule has 2 heterocycles. The van der Waals surface area contributed by atoms with Crippen LogP contribution >= 0.6 is 11.8 Å². The molecule has 2 aliphatic carbocycles. The largest absolute Gasteiger partial charge is 0.504 e. The van der Waals surface area contributed by atoms with E-state index in [2.05, 4.69) is 29.6 Å². The molecule has 4 aliphatic rings. The van der Waals surface area contributed by atoms with E-state index in [-0.39, 0.29) is 35.3 Å². The second kappa shape index (κ2) is 8.82. The molecule has 0 radical (unpaired) electrons. The average molecular weight is 505 g/mol. The van der Waals surface area contributed by atoms with Gasteiger partial charge in [0.25, 0.3) is 0 Å². The van der Waals surface area contributed by atoms with Gasteiger partial charge in [0.15, 0.2) is 11.5 Å². The van der Waals surface area contributed by atoms with Crippen molar-refractivity contribution in [3.05, 3.63) is 23.3 Å². The third kappa shape index (κ3) is 3.70. The van der Waals surface area contributed by atoms with Crippen molar-refractivity contribution in [3.8, 4) is 11.5 Å². The van der Waals surface area contributed by atoms with Crippen LogP contribution in [0.1, 0.15) is 57.6 Å². The molecule has 5 rings (SSSR count). The van der Waals surface area contributed by atoms with E-state index in [0.29, 0.717) is 12.2 Å². The van der Waals surface area contributed by atoms with E-state index in [1.807, 2.05) is 27.9 Å². The molecule has 2 bridgehead atoms. The van der Waals surface area contributed by atoms with Gasteiger partial charge in [-0.1, -0.05) is 6.07 Å². The first kappa shape index (κ1) is 25.2. The molecule has 0 amide bonds. The SMILES string of the molecule is CO[C@@]12CCC(N[C@@H](CCSC)C(=O)OC(C)(C)C)[C@@H]3Oc4c(O)ccc5c4[C@@]31CCN(C)C2C5. The van der Waals surface area contributed by atoms with Crippen LogP contribution in [0.2, 0.25) is 0 Å². The van der Waals surface area contributed by atoms with E-state index in [9.17, 15) is 9.90 Å². The van der Waals surface area contributed by atoms with E-state index >= 15 is 0 Å². The van der Waals surface area contributed by atoms with Gasteiger partial charge in [0.05, 0.1) is 11.0 Å². The predicted molar refractivity (Wildman–Crippen MR) is 137 cm³/mol.